The Hall–Kier alpha value is -2.44. The molecule has 2 aromatic carbocycles. The van der Waals surface area contributed by atoms with Crippen molar-refractivity contribution in [1.29, 1.82) is 0 Å². The summed E-state index contributed by atoms with van der Waals surface area (Å²) >= 11 is 0. The number of para-hydroxylation sites is 1. The van der Waals surface area contributed by atoms with Gasteiger partial charge in [0.15, 0.2) is 0 Å². The number of aromatic amines is 1. The fourth-order valence-electron chi connectivity index (χ4n) is 6.36. The maximum absolute atomic E-state index is 14.9. The molecule has 1 aliphatic carbocycles. The van der Waals surface area contributed by atoms with Crippen molar-refractivity contribution in [3.05, 3.63) is 60.2 Å². The summed E-state index contributed by atoms with van der Waals surface area (Å²) in [7, 11) is 0. The van der Waals surface area contributed by atoms with Crippen molar-refractivity contribution in [1.82, 2.24) is 14.9 Å². The number of nitrogens with zero attached hydrogens (tertiary/aromatic N) is 3. The molecule has 1 saturated heterocycles. The third-order valence-electron chi connectivity index (χ3n) is 8.25. The Labute approximate surface area is 202 Å². The molecular weight excluding hydrogens is 425 g/mol. The van der Waals surface area contributed by atoms with Gasteiger partial charge in [0, 0.05) is 26.2 Å². The van der Waals surface area contributed by atoms with Crippen LogP contribution in [0.25, 0.3) is 11.0 Å². The number of anilines is 1. The van der Waals surface area contributed by atoms with Crippen LogP contribution in [0.1, 0.15) is 50.0 Å². The molecule has 1 aromatic heterocycles. The lowest BCUT2D eigenvalue weighted by Crippen LogP contribution is -2.47. The fraction of sp³-hybridized carbons (Fsp3) is 0.536. The summed E-state index contributed by atoms with van der Waals surface area (Å²) in [6.45, 7) is 5.63. The first kappa shape index (κ1) is 23.3. The quantitative estimate of drug-likeness (QED) is 0.485. The van der Waals surface area contributed by atoms with Gasteiger partial charge in [-0.15, -0.1) is 0 Å². The number of halogens is 1. The molecule has 1 aliphatic heterocycles. The molecule has 0 amide bonds. The number of rotatable bonds is 8. The predicted molar refractivity (Wildman–Crippen MR) is 138 cm³/mol. The van der Waals surface area contributed by atoms with Crippen LogP contribution in [-0.2, 0) is 0 Å². The first-order valence-corrected chi connectivity index (χ1v) is 13.1. The Balaban J connectivity index is 1.25. The van der Waals surface area contributed by atoms with Crippen molar-refractivity contribution in [2.75, 3.05) is 44.2 Å². The summed E-state index contributed by atoms with van der Waals surface area (Å²) in [5, 5.41) is 0. The van der Waals surface area contributed by atoms with E-state index < -0.39 is 0 Å². The summed E-state index contributed by atoms with van der Waals surface area (Å²) in [6, 6.07) is 13.7. The SMILES string of the molecule is NCC(C1CCCCC1)C(CCN1CCN(c2cccc3[nH]cnc23)CC1)c1ccccc1F. The molecule has 3 aromatic rings. The lowest BCUT2D eigenvalue weighted by Gasteiger charge is -2.39. The highest BCUT2D eigenvalue weighted by Gasteiger charge is 2.32. The second kappa shape index (κ2) is 10.9. The number of nitrogens with two attached hydrogens (primary N) is 1. The van der Waals surface area contributed by atoms with Gasteiger partial charge in [-0.25, -0.2) is 9.37 Å². The molecule has 3 N–H and O–H groups in total. The van der Waals surface area contributed by atoms with Gasteiger partial charge in [-0.05, 0) is 61.0 Å². The second-order valence-electron chi connectivity index (χ2n) is 10.1. The lowest BCUT2D eigenvalue weighted by molar-refractivity contribution is 0.188. The summed E-state index contributed by atoms with van der Waals surface area (Å²) in [5.41, 5.74) is 10.6. The molecule has 1 saturated carbocycles. The maximum atomic E-state index is 14.9. The maximum Gasteiger partial charge on any atom is 0.126 e. The average molecular weight is 464 g/mol. The van der Waals surface area contributed by atoms with Gasteiger partial charge in [-0.3, -0.25) is 4.90 Å². The third-order valence-corrected chi connectivity index (χ3v) is 8.25. The number of aromatic nitrogens is 2. The van der Waals surface area contributed by atoms with E-state index >= 15 is 0 Å². The van der Waals surface area contributed by atoms with Crippen LogP contribution in [0.15, 0.2) is 48.8 Å². The Bertz CT molecular complexity index is 1050. The largest absolute Gasteiger partial charge is 0.367 e. The molecule has 2 unspecified atom stereocenters. The molecular formula is C28H38FN5. The first-order valence-electron chi connectivity index (χ1n) is 13.1. The van der Waals surface area contributed by atoms with Crippen LogP contribution in [0, 0.1) is 17.7 Å². The van der Waals surface area contributed by atoms with Gasteiger partial charge in [-0.1, -0.05) is 56.4 Å². The number of hydrogen-bond donors (Lipinski definition) is 2. The van der Waals surface area contributed by atoms with E-state index in [4.69, 9.17) is 5.73 Å². The number of H-pyrrole nitrogens is 1. The lowest BCUT2D eigenvalue weighted by atomic mass is 9.71. The second-order valence-corrected chi connectivity index (χ2v) is 10.1. The highest BCUT2D eigenvalue weighted by atomic mass is 19.1. The van der Waals surface area contributed by atoms with Gasteiger partial charge in [-0.2, -0.15) is 0 Å². The molecule has 2 atom stereocenters. The number of imidazole rings is 1. The number of piperazine rings is 1. The normalized spacial score (nSPS) is 20.0. The summed E-state index contributed by atoms with van der Waals surface area (Å²) in [4.78, 5) is 12.7. The molecule has 0 spiro atoms. The molecule has 0 bridgehead atoms. The average Bonchev–Trinajstić information content (AvgIpc) is 3.37. The number of nitrogens with one attached hydrogen (secondary N) is 1. The van der Waals surface area contributed by atoms with E-state index in [0.29, 0.717) is 18.4 Å². The zero-order valence-corrected chi connectivity index (χ0v) is 20.1. The standard InChI is InChI=1S/C28H38FN5/c29-25-10-5-4-9-23(25)22(24(19-30)21-7-2-1-3-8-21)13-14-33-15-17-34(18-16-33)27-12-6-11-26-28(27)32-20-31-26/h4-6,9-12,20-22,24H,1-3,7-8,13-19,30H2,(H,31,32). The molecule has 6 heteroatoms. The minimum atomic E-state index is -0.0707. The Morgan fingerprint density at radius 1 is 1.00 bits per heavy atom. The van der Waals surface area contributed by atoms with Crippen molar-refractivity contribution in [2.24, 2.45) is 17.6 Å². The predicted octanol–water partition coefficient (Wildman–Crippen LogP) is 5.15. The zero-order chi connectivity index (χ0) is 23.3. The van der Waals surface area contributed by atoms with Crippen LogP contribution >= 0.6 is 0 Å². The Morgan fingerprint density at radius 2 is 1.79 bits per heavy atom. The minimum absolute atomic E-state index is 0.0707. The van der Waals surface area contributed by atoms with Crippen molar-refractivity contribution >= 4 is 16.7 Å². The summed E-state index contributed by atoms with van der Waals surface area (Å²) in [6.07, 6.45) is 9.12. The number of hydrogen-bond acceptors (Lipinski definition) is 4. The smallest absolute Gasteiger partial charge is 0.126 e. The van der Waals surface area contributed by atoms with Gasteiger partial charge in [0.05, 0.1) is 17.5 Å². The molecule has 5 rings (SSSR count). The van der Waals surface area contributed by atoms with Crippen LogP contribution in [-0.4, -0.2) is 54.1 Å². The summed E-state index contributed by atoms with van der Waals surface area (Å²) < 4.78 is 14.9. The topological polar surface area (TPSA) is 61.2 Å². The molecule has 2 heterocycles. The van der Waals surface area contributed by atoms with Crippen LogP contribution in [0.2, 0.25) is 0 Å². The van der Waals surface area contributed by atoms with Crippen LogP contribution in [0.5, 0.6) is 0 Å². The highest BCUT2D eigenvalue weighted by molar-refractivity contribution is 5.88. The number of fused-ring (bicyclic) bond motifs is 1. The molecule has 5 nitrogen and oxygen atoms in total. The van der Waals surface area contributed by atoms with Crippen LogP contribution in [0.3, 0.4) is 0 Å². The van der Waals surface area contributed by atoms with Gasteiger partial charge in [0.2, 0.25) is 0 Å². The fourth-order valence-corrected chi connectivity index (χ4v) is 6.36. The molecule has 0 radical (unpaired) electrons. The van der Waals surface area contributed by atoms with Crippen molar-refractivity contribution < 1.29 is 4.39 Å². The Kier molecular flexibility index (Phi) is 7.45. The van der Waals surface area contributed by atoms with Crippen molar-refractivity contribution in [2.45, 2.75) is 44.4 Å². The zero-order valence-electron chi connectivity index (χ0n) is 20.1. The van der Waals surface area contributed by atoms with Gasteiger partial charge >= 0.3 is 0 Å². The van der Waals surface area contributed by atoms with Gasteiger partial charge < -0.3 is 15.6 Å². The minimum Gasteiger partial charge on any atom is -0.367 e. The van der Waals surface area contributed by atoms with Gasteiger partial charge in [0.1, 0.15) is 11.3 Å². The first-order chi connectivity index (χ1) is 16.7. The summed E-state index contributed by atoms with van der Waals surface area (Å²) in [5.74, 6) is 1.09. The van der Waals surface area contributed by atoms with Crippen molar-refractivity contribution in [3.8, 4) is 0 Å². The monoisotopic (exact) mass is 463 g/mol. The highest BCUT2D eigenvalue weighted by Crippen LogP contribution is 2.40. The van der Waals surface area contributed by atoms with E-state index in [9.17, 15) is 4.39 Å². The Morgan fingerprint density at radius 3 is 2.56 bits per heavy atom. The van der Waals surface area contributed by atoms with E-state index in [1.165, 1.54) is 37.8 Å². The van der Waals surface area contributed by atoms with E-state index in [1.807, 2.05) is 12.1 Å². The molecule has 182 valence electrons. The van der Waals surface area contributed by atoms with Crippen LogP contribution in [0.4, 0.5) is 10.1 Å². The van der Waals surface area contributed by atoms with E-state index in [2.05, 4.69) is 38.0 Å². The van der Waals surface area contributed by atoms with E-state index in [-0.39, 0.29) is 11.7 Å². The number of benzene rings is 2. The van der Waals surface area contributed by atoms with E-state index in [1.54, 1.807) is 18.5 Å². The molecule has 34 heavy (non-hydrogen) atoms. The van der Waals surface area contributed by atoms with E-state index in [0.717, 1.165) is 55.7 Å². The van der Waals surface area contributed by atoms with Crippen molar-refractivity contribution in [3.63, 3.8) is 0 Å². The molecule has 2 aliphatic rings. The molecule has 2 fully saturated rings. The van der Waals surface area contributed by atoms with Crippen LogP contribution < -0.4 is 10.6 Å². The third kappa shape index (κ3) is 4.98. The van der Waals surface area contributed by atoms with Gasteiger partial charge in [0.25, 0.3) is 0 Å².